The van der Waals surface area contributed by atoms with Crippen molar-refractivity contribution < 1.29 is 4.79 Å². The summed E-state index contributed by atoms with van der Waals surface area (Å²) in [5, 5.41) is 0. The summed E-state index contributed by atoms with van der Waals surface area (Å²) in [7, 11) is 0. The van der Waals surface area contributed by atoms with Crippen molar-refractivity contribution in [2.75, 3.05) is 0 Å². The van der Waals surface area contributed by atoms with Crippen molar-refractivity contribution in [3.63, 3.8) is 0 Å². The van der Waals surface area contributed by atoms with E-state index in [0.717, 1.165) is 27.8 Å². The quantitative estimate of drug-likeness (QED) is 0.482. The van der Waals surface area contributed by atoms with E-state index >= 15 is 0 Å². The van der Waals surface area contributed by atoms with Gasteiger partial charge in [0.1, 0.15) is 5.54 Å². The van der Waals surface area contributed by atoms with Gasteiger partial charge in [-0.2, -0.15) is 0 Å². The maximum atomic E-state index is 13.2. The van der Waals surface area contributed by atoms with Crippen molar-refractivity contribution >= 4 is 5.78 Å². The van der Waals surface area contributed by atoms with Gasteiger partial charge in [-0.3, -0.25) is 4.79 Å². The van der Waals surface area contributed by atoms with Gasteiger partial charge in [-0.15, -0.1) is 0 Å². The minimum Gasteiger partial charge on any atom is -0.319 e. The molecule has 0 radical (unpaired) electrons. The molecule has 0 saturated carbocycles. The lowest BCUT2D eigenvalue weighted by molar-refractivity contribution is 0.103. The Balaban J connectivity index is 2.00. The second-order valence-electron chi connectivity index (χ2n) is 6.47. The number of ketones is 1. The third-order valence-corrected chi connectivity index (χ3v) is 5.21. The van der Waals surface area contributed by atoms with Gasteiger partial charge in [-0.1, -0.05) is 78.9 Å². The fraction of sp³-hybridized carbons (Fsp3) is 0.0435. The van der Waals surface area contributed by atoms with E-state index in [1.54, 1.807) is 6.20 Å². The van der Waals surface area contributed by atoms with E-state index in [1.165, 1.54) is 0 Å². The number of carbonyl (C=O) groups is 1. The zero-order valence-corrected chi connectivity index (χ0v) is 14.0. The number of carbonyl (C=O) groups excluding carboxylic acids is 1. The number of aromatic nitrogens is 2. The summed E-state index contributed by atoms with van der Waals surface area (Å²) in [6.07, 6.45) is 5.58. The first kappa shape index (κ1) is 14.8. The first-order valence-electron chi connectivity index (χ1n) is 8.61. The maximum absolute atomic E-state index is 13.2. The van der Waals surface area contributed by atoms with Crippen LogP contribution >= 0.6 is 0 Å². The van der Waals surface area contributed by atoms with Crippen LogP contribution in [0.2, 0.25) is 0 Å². The molecule has 0 unspecified atom stereocenters. The normalized spacial score (nSPS) is 14.5. The van der Waals surface area contributed by atoms with Crippen LogP contribution in [0.25, 0.3) is 0 Å². The fourth-order valence-corrected chi connectivity index (χ4v) is 4.16. The number of nitrogens with zero attached hydrogens (tertiary/aromatic N) is 2. The van der Waals surface area contributed by atoms with Crippen LogP contribution in [0.5, 0.6) is 0 Å². The third-order valence-electron chi connectivity index (χ3n) is 5.21. The van der Waals surface area contributed by atoms with Gasteiger partial charge in [-0.25, -0.2) is 4.98 Å². The van der Waals surface area contributed by atoms with Gasteiger partial charge in [0.05, 0.1) is 6.33 Å². The van der Waals surface area contributed by atoms with Gasteiger partial charge in [0.15, 0.2) is 5.78 Å². The number of hydrogen-bond acceptors (Lipinski definition) is 2. The fourth-order valence-electron chi connectivity index (χ4n) is 4.16. The van der Waals surface area contributed by atoms with Gasteiger partial charge in [-0.05, 0) is 16.7 Å². The van der Waals surface area contributed by atoms with Crippen LogP contribution in [0.1, 0.15) is 32.6 Å². The van der Waals surface area contributed by atoms with Crippen molar-refractivity contribution in [1.82, 2.24) is 9.55 Å². The predicted molar refractivity (Wildman–Crippen MR) is 100 cm³/mol. The molecular weight excluding hydrogens is 320 g/mol. The molecule has 0 bridgehead atoms. The monoisotopic (exact) mass is 336 g/mol. The highest BCUT2D eigenvalue weighted by Crippen LogP contribution is 2.47. The molecule has 0 aliphatic heterocycles. The Bertz CT molecular complexity index is 1050. The molecule has 0 spiro atoms. The van der Waals surface area contributed by atoms with Crippen LogP contribution in [0.15, 0.2) is 97.6 Å². The molecule has 1 aliphatic rings. The zero-order chi connectivity index (χ0) is 17.6. The van der Waals surface area contributed by atoms with Crippen molar-refractivity contribution in [1.29, 1.82) is 0 Å². The lowest BCUT2D eigenvalue weighted by atomic mass is 9.68. The van der Waals surface area contributed by atoms with Crippen LogP contribution in [-0.4, -0.2) is 15.3 Å². The predicted octanol–water partition coefficient (Wildman–Crippen LogP) is 4.27. The summed E-state index contributed by atoms with van der Waals surface area (Å²) in [5.74, 6) is 0.0721. The molecule has 0 N–H and O–H groups in total. The molecule has 26 heavy (non-hydrogen) atoms. The van der Waals surface area contributed by atoms with Gasteiger partial charge >= 0.3 is 0 Å². The van der Waals surface area contributed by atoms with Crippen LogP contribution in [0, 0.1) is 0 Å². The Morgan fingerprint density at radius 3 is 1.88 bits per heavy atom. The number of rotatable bonds is 2. The average molecular weight is 336 g/mol. The number of imidazole rings is 1. The molecule has 5 rings (SSSR count). The summed E-state index contributed by atoms with van der Waals surface area (Å²) in [6, 6.07) is 26.1. The summed E-state index contributed by atoms with van der Waals surface area (Å²) >= 11 is 0. The number of fused-ring (bicyclic) bond motifs is 2. The Morgan fingerprint density at radius 1 is 0.731 bits per heavy atom. The minimum absolute atomic E-state index is 0.0721. The van der Waals surface area contributed by atoms with Crippen molar-refractivity contribution in [3.05, 3.63) is 125 Å². The molecule has 0 atom stereocenters. The van der Waals surface area contributed by atoms with Crippen LogP contribution in [0.3, 0.4) is 0 Å². The molecule has 1 heterocycles. The molecular formula is C23H16N2O. The topological polar surface area (TPSA) is 34.9 Å². The highest BCUT2D eigenvalue weighted by Gasteiger charge is 2.46. The zero-order valence-electron chi connectivity index (χ0n) is 14.0. The minimum atomic E-state index is -0.626. The van der Waals surface area contributed by atoms with Crippen LogP contribution in [0.4, 0.5) is 0 Å². The molecule has 1 aliphatic carbocycles. The lowest BCUT2D eigenvalue weighted by Crippen LogP contribution is -2.42. The molecule has 124 valence electrons. The first-order valence-corrected chi connectivity index (χ1v) is 8.61. The van der Waals surface area contributed by atoms with E-state index in [-0.39, 0.29) is 5.78 Å². The number of benzene rings is 3. The second kappa shape index (κ2) is 5.53. The van der Waals surface area contributed by atoms with E-state index in [9.17, 15) is 4.79 Å². The number of hydrogen-bond donors (Lipinski definition) is 0. The molecule has 3 aromatic carbocycles. The van der Waals surface area contributed by atoms with Crippen molar-refractivity contribution in [3.8, 4) is 0 Å². The molecule has 0 saturated heterocycles. The van der Waals surface area contributed by atoms with Gasteiger partial charge in [0.25, 0.3) is 0 Å². The van der Waals surface area contributed by atoms with E-state index < -0.39 is 5.54 Å². The summed E-state index contributed by atoms with van der Waals surface area (Å²) in [6.45, 7) is 0. The standard InChI is InChI=1S/C23H16N2O/c26-22-18-10-4-6-12-20(18)23(25-15-14-24-16-25,17-8-2-1-3-9-17)21-13-7-5-11-19(21)22/h1-16H. The van der Waals surface area contributed by atoms with E-state index in [1.807, 2.05) is 67.1 Å². The average Bonchev–Trinajstić information content (AvgIpc) is 3.25. The second-order valence-corrected chi connectivity index (χ2v) is 6.47. The molecule has 3 nitrogen and oxygen atoms in total. The van der Waals surface area contributed by atoms with Gasteiger partial charge in [0.2, 0.25) is 0 Å². The smallest absolute Gasteiger partial charge is 0.193 e. The van der Waals surface area contributed by atoms with E-state index in [4.69, 9.17) is 0 Å². The van der Waals surface area contributed by atoms with E-state index in [0.29, 0.717) is 0 Å². The molecule has 1 aromatic heterocycles. The molecule has 4 aromatic rings. The summed E-state index contributed by atoms with van der Waals surface area (Å²) in [5.41, 5.74) is 3.91. The van der Waals surface area contributed by atoms with Crippen molar-refractivity contribution in [2.45, 2.75) is 5.54 Å². The maximum Gasteiger partial charge on any atom is 0.193 e. The Morgan fingerprint density at radius 2 is 1.31 bits per heavy atom. The SMILES string of the molecule is O=C1c2ccccc2C(c2ccccc2)(n2ccnc2)c2ccccc21. The molecule has 0 fully saturated rings. The van der Waals surface area contributed by atoms with Gasteiger partial charge < -0.3 is 4.57 Å². The van der Waals surface area contributed by atoms with Gasteiger partial charge in [0, 0.05) is 23.5 Å². The van der Waals surface area contributed by atoms with Crippen LogP contribution < -0.4 is 0 Å². The van der Waals surface area contributed by atoms with Crippen LogP contribution in [-0.2, 0) is 5.54 Å². The molecule has 3 heteroatoms. The Labute approximate surface area is 151 Å². The largest absolute Gasteiger partial charge is 0.319 e. The summed E-state index contributed by atoms with van der Waals surface area (Å²) < 4.78 is 2.10. The van der Waals surface area contributed by atoms with Crippen molar-refractivity contribution in [2.24, 2.45) is 0 Å². The highest BCUT2D eigenvalue weighted by molar-refractivity contribution is 6.13. The van der Waals surface area contributed by atoms with E-state index in [2.05, 4.69) is 33.8 Å². The lowest BCUT2D eigenvalue weighted by Gasteiger charge is -2.41. The summed E-state index contributed by atoms with van der Waals surface area (Å²) in [4.78, 5) is 17.5. The molecule has 0 amide bonds. The Hall–Kier alpha value is -3.46. The third kappa shape index (κ3) is 1.83. The highest BCUT2D eigenvalue weighted by atomic mass is 16.1. The first-order chi connectivity index (χ1) is 12.8. The Kier molecular flexibility index (Phi) is 3.16.